The second-order valence-electron chi connectivity index (χ2n) is 12.1. The first-order chi connectivity index (χ1) is 19.0. The highest BCUT2D eigenvalue weighted by Crippen LogP contribution is 2.54. The van der Waals surface area contributed by atoms with Gasteiger partial charge in [0.2, 0.25) is 11.6 Å². The zero-order valence-corrected chi connectivity index (χ0v) is 22.7. The highest BCUT2D eigenvalue weighted by Gasteiger charge is 2.50. The number of hydrogen-bond acceptors (Lipinski definition) is 8. The number of hydrogen-bond donors (Lipinski definition) is 2. The van der Waals surface area contributed by atoms with Crippen molar-refractivity contribution in [3.05, 3.63) is 46.5 Å². The predicted octanol–water partition coefficient (Wildman–Crippen LogP) is 5.07. The molecule has 4 aromatic heterocycles. The summed E-state index contributed by atoms with van der Waals surface area (Å²) < 4.78 is 7.21. The number of anilines is 1. The molecular formula is C29H36N8O2. The molecule has 204 valence electrons. The minimum atomic E-state index is -0.626. The van der Waals surface area contributed by atoms with Crippen LogP contribution in [0.2, 0.25) is 0 Å². The van der Waals surface area contributed by atoms with Crippen LogP contribution in [0.1, 0.15) is 83.0 Å². The van der Waals surface area contributed by atoms with Crippen LogP contribution in [-0.2, 0) is 12.0 Å². The molecule has 0 aliphatic heterocycles. The summed E-state index contributed by atoms with van der Waals surface area (Å²) in [6.07, 6.45) is 14.5. The second kappa shape index (κ2) is 9.57. The Labute approximate surface area is 227 Å². The molecule has 4 aromatic rings. The number of nitrogens with zero attached hydrogens (tertiary/aromatic N) is 6. The van der Waals surface area contributed by atoms with Gasteiger partial charge in [0.15, 0.2) is 11.5 Å². The Morgan fingerprint density at radius 1 is 1.10 bits per heavy atom. The first kappa shape index (κ1) is 24.5. The molecule has 4 heterocycles. The predicted molar refractivity (Wildman–Crippen MR) is 147 cm³/mol. The van der Waals surface area contributed by atoms with E-state index in [1.807, 2.05) is 12.4 Å². The SMILES string of the molecule is C[C@@H](Nc1nc(-c2noc(=O)[nH]2)nc2nc(C3(c4ccncc4)CC3)n(C[C@H]3CC[C@H](C)CC3)c12)C1CCC1. The number of pyridine rings is 1. The summed E-state index contributed by atoms with van der Waals surface area (Å²) >= 11 is 0. The molecule has 0 amide bonds. The number of H-pyrrole nitrogens is 1. The van der Waals surface area contributed by atoms with Gasteiger partial charge in [-0.2, -0.15) is 0 Å². The molecule has 3 fully saturated rings. The van der Waals surface area contributed by atoms with E-state index >= 15 is 0 Å². The normalized spacial score (nSPS) is 23.4. The van der Waals surface area contributed by atoms with Crippen LogP contribution in [0.15, 0.2) is 33.8 Å². The van der Waals surface area contributed by atoms with Crippen molar-refractivity contribution in [3.8, 4) is 11.6 Å². The molecule has 7 rings (SSSR count). The number of aromatic nitrogens is 7. The Hall–Kier alpha value is -3.56. The molecule has 0 spiro atoms. The average Bonchev–Trinajstić information content (AvgIpc) is 3.46. The molecule has 39 heavy (non-hydrogen) atoms. The van der Waals surface area contributed by atoms with E-state index in [4.69, 9.17) is 19.5 Å². The fourth-order valence-electron chi connectivity index (χ4n) is 6.59. The summed E-state index contributed by atoms with van der Waals surface area (Å²) in [5.41, 5.74) is 2.68. The van der Waals surface area contributed by atoms with E-state index in [9.17, 15) is 4.79 Å². The number of rotatable bonds is 8. The zero-order chi connectivity index (χ0) is 26.6. The summed E-state index contributed by atoms with van der Waals surface area (Å²) in [6.45, 7) is 5.50. The lowest BCUT2D eigenvalue weighted by molar-refractivity contribution is 0.264. The van der Waals surface area contributed by atoms with Gasteiger partial charge in [-0.1, -0.05) is 31.3 Å². The number of imidazole rings is 1. The molecule has 0 bridgehead atoms. The maximum absolute atomic E-state index is 11.7. The Bertz CT molecular complexity index is 1520. The van der Waals surface area contributed by atoms with Crippen LogP contribution in [0.3, 0.4) is 0 Å². The summed E-state index contributed by atoms with van der Waals surface area (Å²) in [4.78, 5) is 33.6. The van der Waals surface area contributed by atoms with E-state index in [2.05, 4.69) is 51.0 Å². The minimum Gasteiger partial charge on any atom is -0.365 e. The van der Waals surface area contributed by atoms with Crippen LogP contribution in [0.25, 0.3) is 22.8 Å². The summed E-state index contributed by atoms with van der Waals surface area (Å²) in [7, 11) is 0. The lowest BCUT2D eigenvalue weighted by Gasteiger charge is -2.32. The third-order valence-electron chi connectivity index (χ3n) is 9.46. The van der Waals surface area contributed by atoms with Crippen molar-refractivity contribution in [2.75, 3.05) is 5.32 Å². The topological polar surface area (TPSA) is 127 Å². The van der Waals surface area contributed by atoms with Crippen molar-refractivity contribution in [2.45, 2.75) is 89.6 Å². The molecule has 3 saturated carbocycles. The first-order valence-electron chi connectivity index (χ1n) is 14.5. The van der Waals surface area contributed by atoms with E-state index in [0.717, 1.165) is 42.5 Å². The Balaban J connectivity index is 1.40. The van der Waals surface area contributed by atoms with Gasteiger partial charge in [0.25, 0.3) is 0 Å². The lowest BCUT2D eigenvalue weighted by atomic mass is 9.80. The minimum absolute atomic E-state index is 0.148. The zero-order valence-electron chi connectivity index (χ0n) is 22.7. The van der Waals surface area contributed by atoms with Gasteiger partial charge in [0.1, 0.15) is 11.3 Å². The average molecular weight is 529 g/mol. The van der Waals surface area contributed by atoms with E-state index in [0.29, 0.717) is 23.3 Å². The highest BCUT2D eigenvalue weighted by atomic mass is 16.5. The molecule has 1 atom stereocenters. The van der Waals surface area contributed by atoms with Crippen LogP contribution >= 0.6 is 0 Å². The smallest absolute Gasteiger partial charge is 0.365 e. The molecule has 0 saturated heterocycles. The van der Waals surface area contributed by atoms with Gasteiger partial charge >= 0.3 is 5.76 Å². The summed E-state index contributed by atoms with van der Waals surface area (Å²) in [5, 5.41) is 7.62. The molecular weight excluding hydrogens is 492 g/mol. The highest BCUT2D eigenvalue weighted by molar-refractivity contribution is 5.86. The Morgan fingerprint density at radius 2 is 1.87 bits per heavy atom. The van der Waals surface area contributed by atoms with Gasteiger partial charge in [-0.05, 0) is 80.9 Å². The van der Waals surface area contributed by atoms with E-state index < -0.39 is 5.76 Å². The monoisotopic (exact) mass is 528 g/mol. The summed E-state index contributed by atoms with van der Waals surface area (Å²) in [6, 6.07) is 4.50. The molecule has 10 nitrogen and oxygen atoms in total. The lowest BCUT2D eigenvalue weighted by Crippen LogP contribution is -2.31. The fraction of sp³-hybridized carbons (Fsp3) is 0.586. The van der Waals surface area contributed by atoms with Crippen LogP contribution < -0.4 is 11.1 Å². The molecule has 0 unspecified atom stereocenters. The van der Waals surface area contributed by atoms with Crippen molar-refractivity contribution < 1.29 is 4.52 Å². The van der Waals surface area contributed by atoms with Crippen LogP contribution in [0, 0.1) is 17.8 Å². The fourth-order valence-corrected chi connectivity index (χ4v) is 6.59. The first-order valence-corrected chi connectivity index (χ1v) is 14.5. The molecule has 0 aromatic carbocycles. The second-order valence-corrected chi connectivity index (χ2v) is 12.1. The number of aromatic amines is 1. The van der Waals surface area contributed by atoms with Gasteiger partial charge in [-0.25, -0.2) is 19.7 Å². The van der Waals surface area contributed by atoms with Gasteiger partial charge in [0, 0.05) is 25.0 Å². The quantitative estimate of drug-likeness (QED) is 0.324. The maximum Gasteiger partial charge on any atom is 0.439 e. The van der Waals surface area contributed by atoms with Crippen molar-refractivity contribution >= 4 is 17.0 Å². The molecule has 3 aliphatic rings. The Morgan fingerprint density at radius 3 is 2.51 bits per heavy atom. The number of fused-ring (bicyclic) bond motifs is 1. The van der Waals surface area contributed by atoms with Gasteiger partial charge < -0.3 is 9.88 Å². The third kappa shape index (κ3) is 4.43. The number of nitrogens with one attached hydrogen (secondary N) is 2. The van der Waals surface area contributed by atoms with Crippen molar-refractivity contribution in [3.63, 3.8) is 0 Å². The summed E-state index contributed by atoms with van der Waals surface area (Å²) in [5.74, 6) is 3.72. The van der Waals surface area contributed by atoms with Crippen molar-refractivity contribution in [1.82, 2.24) is 34.6 Å². The van der Waals surface area contributed by atoms with E-state index in [1.165, 1.54) is 50.5 Å². The van der Waals surface area contributed by atoms with Crippen LogP contribution in [0.5, 0.6) is 0 Å². The van der Waals surface area contributed by atoms with E-state index in [-0.39, 0.29) is 17.3 Å². The van der Waals surface area contributed by atoms with Crippen LogP contribution in [-0.4, -0.2) is 40.7 Å². The van der Waals surface area contributed by atoms with Crippen molar-refractivity contribution in [2.24, 2.45) is 17.8 Å². The van der Waals surface area contributed by atoms with E-state index in [1.54, 1.807) is 0 Å². The maximum atomic E-state index is 11.7. The molecule has 10 heteroatoms. The molecule has 0 radical (unpaired) electrons. The molecule has 2 N–H and O–H groups in total. The molecule has 3 aliphatic carbocycles. The van der Waals surface area contributed by atoms with Crippen LogP contribution in [0.4, 0.5) is 5.82 Å². The van der Waals surface area contributed by atoms with Gasteiger partial charge in [0.05, 0.1) is 5.41 Å². The van der Waals surface area contributed by atoms with Crippen molar-refractivity contribution in [1.29, 1.82) is 0 Å². The standard InChI is InChI=1S/C29H36N8O2/c1-17-6-8-19(9-7-17)16-37-22-23(31-18(2)20-4-3-5-20)32-25(26-35-28(38)39-36-26)33-24(22)34-27(37)29(12-13-29)21-10-14-30-15-11-21/h10-11,14-15,17-20H,3-9,12-13,16H2,1-2H3,(H,31,32,33)(H,35,36,38)/t17-,18-,19-/m1/s1. The Kier molecular flexibility index (Phi) is 6.01. The van der Waals surface area contributed by atoms with Gasteiger partial charge in [-0.15, -0.1) is 0 Å². The van der Waals surface area contributed by atoms with Gasteiger partial charge in [-0.3, -0.25) is 14.5 Å². The largest absolute Gasteiger partial charge is 0.439 e. The third-order valence-corrected chi connectivity index (χ3v) is 9.46.